The van der Waals surface area contributed by atoms with Crippen LogP contribution in [0, 0.1) is 23.7 Å². The smallest absolute Gasteiger partial charge is 0.326 e. The van der Waals surface area contributed by atoms with Crippen molar-refractivity contribution in [1.29, 1.82) is 0 Å². The molecule has 1 aliphatic rings. The number of rotatable bonds is 21. The Hall–Kier alpha value is -4.08. The van der Waals surface area contributed by atoms with Crippen LogP contribution in [0.5, 0.6) is 0 Å². The molecule has 5 N–H and O–H groups in total. The normalized spacial score (nSPS) is 19.0. The molecular formula is C40H66N6O9. The van der Waals surface area contributed by atoms with Crippen LogP contribution in [0.25, 0.3) is 0 Å². The lowest BCUT2D eigenvalue weighted by Crippen LogP contribution is -2.59. The molecule has 0 aromatic heterocycles. The Kier molecular flexibility index (Phi) is 18.2. The molecule has 9 atom stereocenters. The third-order valence-corrected chi connectivity index (χ3v) is 10.9. The highest BCUT2D eigenvalue weighted by Crippen LogP contribution is 2.29. The van der Waals surface area contributed by atoms with Gasteiger partial charge in [0.2, 0.25) is 23.6 Å². The van der Waals surface area contributed by atoms with Gasteiger partial charge in [-0.25, -0.2) is 4.79 Å². The van der Waals surface area contributed by atoms with E-state index in [1.54, 1.807) is 43.1 Å². The van der Waals surface area contributed by atoms with Crippen molar-refractivity contribution in [2.45, 2.75) is 117 Å². The van der Waals surface area contributed by atoms with Gasteiger partial charge in [-0.15, -0.1) is 0 Å². The standard InChI is InChI=1S/C40H66N6O9/c1-13-24(6)35(45(10)39(51)33(22(2)3)43-38(50)34(23(4)5)44(8)9)31(54-11)20-32(48)46-21-28(47)19-30(46)36(55-12)25(7)37(49)42-29(40(52)53)18-26-14-16-27(41)17-15-26/h14-17,22-25,29-31,33-36H,13,18-21,41H2,1-12H3,(H,42,49)(H,43,50)(H,52,53)/t24-,25+,29-,30-,31+,33-,34-,35-,36+/m0/s1. The fourth-order valence-electron chi connectivity index (χ4n) is 7.64. The van der Waals surface area contributed by atoms with Crippen molar-refractivity contribution in [3.05, 3.63) is 29.8 Å². The molecule has 0 spiro atoms. The zero-order valence-corrected chi connectivity index (χ0v) is 34.8. The highest BCUT2D eigenvalue weighted by molar-refractivity contribution is 5.92. The van der Waals surface area contributed by atoms with Gasteiger partial charge in [0.15, 0.2) is 5.78 Å². The predicted octanol–water partition coefficient (Wildman–Crippen LogP) is 2.21. The summed E-state index contributed by atoms with van der Waals surface area (Å²) in [7, 11) is 8.15. The van der Waals surface area contributed by atoms with E-state index in [1.165, 1.54) is 19.1 Å². The van der Waals surface area contributed by atoms with Crippen molar-refractivity contribution in [2.24, 2.45) is 23.7 Å². The van der Waals surface area contributed by atoms with Crippen LogP contribution in [0.2, 0.25) is 0 Å². The number of nitrogens with zero attached hydrogens (tertiary/aromatic N) is 3. The number of likely N-dealkylation sites (tertiary alicyclic amines) is 1. The number of nitrogens with two attached hydrogens (primary N) is 1. The first kappa shape index (κ1) is 47.1. The average molecular weight is 775 g/mol. The molecule has 2 rings (SSSR count). The number of carboxylic acid groups (broad SMARTS) is 1. The van der Waals surface area contributed by atoms with E-state index in [1.807, 2.05) is 60.5 Å². The minimum absolute atomic E-state index is 0.00531. The molecule has 1 fully saturated rings. The molecular weight excluding hydrogens is 708 g/mol. The molecule has 0 aliphatic carbocycles. The van der Waals surface area contributed by atoms with Gasteiger partial charge < -0.3 is 40.7 Å². The number of methoxy groups -OCH3 is 2. The number of Topliss-reactive ketones (excluding diaryl/α,β-unsaturated/α-hetero) is 1. The van der Waals surface area contributed by atoms with Crippen LogP contribution in [-0.4, -0.2) is 140 Å². The van der Waals surface area contributed by atoms with Crippen LogP contribution >= 0.6 is 0 Å². The maximum Gasteiger partial charge on any atom is 0.326 e. The summed E-state index contributed by atoms with van der Waals surface area (Å²) in [6, 6.07) is 2.77. The quantitative estimate of drug-likeness (QED) is 0.134. The molecule has 55 heavy (non-hydrogen) atoms. The van der Waals surface area contributed by atoms with E-state index in [9.17, 15) is 33.9 Å². The number of amides is 4. The van der Waals surface area contributed by atoms with Crippen LogP contribution < -0.4 is 16.4 Å². The summed E-state index contributed by atoms with van der Waals surface area (Å²) < 4.78 is 11.7. The van der Waals surface area contributed by atoms with E-state index in [2.05, 4.69) is 10.6 Å². The number of carboxylic acids is 1. The number of ketones is 1. The molecule has 0 saturated carbocycles. The molecule has 310 valence electrons. The van der Waals surface area contributed by atoms with Gasteiger partial charge in [-0.05, 0) is 49.5 Å². The minimum Gasteiger partial charge on any atom is -0.480 e. The van der Waals surface area contributed by atoms with Gasteiger partial charge in [-0.3, -0.25) is 28.9 Å². The highest BCUT2D eigenvalue weighted by atomic mass is 16.5. The molecule has 0 radical (unpaired) electrons. The number of hydrogen-bond acceptors (Lipinski definition) is 10. The monoisotopic (exact) mass is 774 g/mol. The van der Waals surface area contributed by atoms with Crippen molar-refractivity contribution in [3.63, 3.8) is 0 Å². The largest absolute Gasteiger partial charge is 0.480 e. The molecule has 0 unspecified atom stereocenters. The van der Waals surface area contributed by atoms with Crippen molar-refractivity contribution >= 4 is 41.1 Å². The summed E-state index contributed by atoms with van der Waals surface area (Å²) in [5, 5.41) is 15.5. The van der Waals surface area contributed by atoms with Crippen LogP contribution in [-0.2, 0) is 44.7 Å². The highest BCUT2D eigenvalue weighted by Gasteiger charge is 2.45. The molecule has 1 saturated heterocycles. The predicted molar refractivity (Wildman–Crippen MR) is 210 cm³/mol. The third-order valence-electron chi connectivity index (χ3n) is 10.9. The van der Waals surface area contributed by atoms with Crippen molar-refractivity contribution in [3.8, 4) is 0 Å². The second-order valence-corrected chi connectivity index (χ2v) is 15.9. The second-order valence-electron chi connectivity index (χ2n) is 15.9. The summed E-state index contributed by atoms with van der Waals surface area (Å²) in [5.74, 6) is -4.32. The fraction of sp³-hybridized carbons (Fsp3) is 0.700. The van der Waals surface area contributed by atoms with E-state index >= 15 is 0 Å². The second kappa shape index (κ2) is 21.3. The maximum absolute atomic E-state index is 14.2. The van der Waals surface area contributed by atoms with Gasteiger partial charge in [0.25, 0.3) is 0 Å². The number of anilines is 1. The number of likely N-dealkylation sites (N-methyl/N-ethyl adjacent to an activating group) is 2. The summed E-state index contributed by atoms with van der Waals surface area (Å²) in [6.45, 7) is 12.9. The van der Waals surface area contributed by atoms with Crippen molar-refractivity contribution in [1.82, 2.24) is 25.3 Å². The lowest BCUT2D eigenvalue weighted by Gasteiger charge is -2.41. The fourth-order valence-corrected chi connectivity index (χ4v) is 7.64. The Balaban J connectivity index is 2.32. The lowest BCUT2D eigenvalue weighted by molar-refractivity contribution is -0.148. The summed E-state index contributed by atoms with van der Waals surface area (Å²) in [4.78, 5) is 85.1. The molecule has 1 aliphatic heterocycles. The van der Waals surface area contributed by atoms with E-state index in [0.29, 0.717) is 17.7 Å². The Morgan fingerprint density at radius 1 is 0.927 bits per heavy atom. The number of ether oxygens (including phenoxy) is 2. The SMILES string of the molecule is CC[C@H](C)[C@@H]([C@@H](CC(=O)N1CC(=O)C[C@H]1[C@H](OC)[C@@H](C)C(=O)N[C@@H](Cc1ccc(N)cc1)C(=O)O)OC)N(C)C(=O)[C@@H](NC(=O)[C@H](C(C)C)N(C)C)C(C)C. The van der Waals surface area contributed by atoms with Gasteiger partial charge in [-0.1, -0.05) is 67.0 Å². The van der Waals surface area contributed by atoms with Crippen LogP contribution in [0.15, 0.2) is 24.3 Å². The number of nitrogen functional groups attached to an aromatic ring is 1. The zero-order chi connectivity index (χ0) is 41.9. The molecule has 0 bridgehead atoms. The average Bonchev–Trinajstić information content (AvgIpc) is 3.50. The van der Waals surface area contributed by atoms with Crippen LogP contribution in [0.3, 0.4) is 0 Å². The van der Waals surface area contributed by atoms with E-state index in [4.69, 9.17) is 15.2 Å². The Morgan fingerprint density at radius 2 is 1.53 bits per heavy atom. The Morgan fingerprint density at radius 3 is 2.00 bits per heavy atom. The number of aliphatic carboxylic acids is 1. The van der Waals surface area contributed by atoms with E-state index in [0.717, 1.165) is 0 Å². The van der Waals surface area contributed by atoms with E-state index < -0.39 is 66.1 Å². The molecule has 4 amide bonds. The number of nitrogens with one attached hydrogen (secondary N) is 2. The number of carbonyl (C=O) groups excluding carboxylic acids is 5. The molecule has 1 aromatic carbocycles. The Labute approximate surface area is 327 Å². The topological polar surface area (TPSA) is 201 Å². The molecule has 15 nitrogen and oxygen atoms in total. The summed E-state index contributed by atoms with van der Waals surface area (Å²) in [6.07, 6.45) is -1.28. The minimum atomic E-state index is -1.24. The summed E-state index contributed by atoms with van der Waals surface area (Å²) in [5.41, 5.74) is 6.94. The first-order valence-electron chi connectivity index (χ1n) is 19.2. The molecule has 1 aromatic rings. The van der Waals surface area contributed by atoms with Crippen molar-refractivity contribution < 1.29 is 43.3 Å². The summed E-state index contributed by atoms with van der Waals surface area (Å²) >= 11 is 0. The van der Waals surface area contributed by atoms with Gasteiger partial charge in [0.1, 0.15) is 12.1 Å². The molecule has 15 heteroatoms. The maximum atomic E-state index is 14.2. The lowest BCUT2D eigenvalue weighted by atomic mass is 9.89. The van der Waals surface area contributed by atoms with E-state index in [-0.39, 0.29) is 61.2 Å². The number of hydrogen-bond donors (Lipinski definition) is 4. The van der Waals surface area contributed by atoms with Gasteiger partial charge in [0.05, 0.1) is 49.2 Å². The van der Waals surface area contributed by atoms with Gasteiger partial charge in [0, 0.05) is 39.8 Å². The third kappa shape index (κ3) is 12.5. The first-order valence-corrected chi connectivity index (χ1v) is 19.2. The number of carbonyl (C=O) groups is 6. The Bertz CT molecular complexity index is 1460. The van der Waals surface area contributed by atoms with Crippen LogP contribution in [0.4, 0.5) is 5.69 Å². The van der Waals surface area contributed by atoms with Crippen molar-refractivity contribution in [2.75, 3.05) is 47.6 Å². The zero-order valence-electron chi connectivity index (χ0n) is 34.8. The van der Waals surface area contributed by atoms with Gasteiger partial charge in [-0.2, -0.15) is 0 Å². The molecule has 1 heterocycles. The number of benzene rings is 1. The van der Waals surface area contributed by atoms with Crippen LogP contribution in [0.1, 0.15) is 73.3 Å². The van der Waals surface area contributed by atoms with Gasteiger partial charge >= 0.3 is 5.97 Å². The first-order chi connectivity index (χ1) is 25.7.